The normalized spacial score (nSPS) is 13.7. The summed E-state index contributed by atoms with van der Waals surface area (Å²) in [5.41, 5.74) is 0.122. The molecule has 0 fully saturated rings. The molecule has 146 valence electrons. The lowest BCUT2D eigenvalue weighted by molar-refractivity contribution is -0.140. The Morgan fingerprint density at radius 3 is 2.81 bits per heavy atom. The minimum Gasteiger partial charge on any atom is -0.454 e. The average molecular weight is 400 g/mol. The van der Waals surface area contributed by atoms with Crippen LogP contribution in [0.2, 0.25) is 0 Å². The first-order valence-electron chi connectivity index (χ1n) is 8.38. The Morgan fingerprint density at radius 1 is 1.26 bits per heavy atom. The van der Waals surface area contributed by atoms with E-state index in [1.807, 2.05) is 25.1 Å². The summed E-state index contributed by atoms with van der Waals surface area (Å²) in [6, 6.07) is 5.63. The molecule has 0 aliphatic carbocycles. The lowest BCUT2D eigenvalue weighted by atomic mass is 10.2. The number of nitrogens with one attached hydrogen (secondary N) is 2. The molecule has 10 heteroatoms. The van der Waals surface area contributed by atoms with E-state index in [9.17, 15) is 13.2 Å². The summed E-state index contributed by atoms with van der Waals surface area (Å²) in [5, 5.41) is 7.68. The highest BCUT2D eigenvalue weighted by atomic mass is 32.1. The molecule has 1 aromatic carbocycles. The van der Waals surface area contributed by atoms with E-state index in [-0.39, 0.29) is 6.79 Å². The van der Waals surface area contributed by atoms with Crippen LogP contribution in [-0.2, 0) is 19.1 Å². The SMILES string of the molecule is CCNC(=NCc1ccc2c(c1)OCO2)NCCc1nc(C(F)(F)F)cs1. The van der Waals surface area contributed by atoms with Gasteiger partial charge in [-0.1, -0.05) is 6.07 Å². The van der Waals surface area contributed by atoms with Gasteiger partial charge in [-0.3, -0.25) is 0 Å². The number of nitrogens with zero attached hydrogens (tertiary/aromatic N) is 2. The fraction of sp³-hybridized carbons (Fsp3) is 0.412. The third-order valence-electron chi connectivity index (χ3n) is 3.67. The van der Waals surface area contributed by atoms with Crippen molar-refractivity contribution in [2.24, 2.45) is 4.99 Å². The van der Waals surface area contributed by atoms with Gasteiger partial charge in [-0.2, -0.15) is 13.2 Å². The first-order chi connectivity index (χ1) is 13.0. The van der Waals surface area contributed by atoms with E-state index < -0.39 is 11.9 Å². The van der Waals surface area contributed by atoms with Gasteiger partial charge in [-0.25, -0.2) is 9.98 Å². The fourth-order valence-corrected chi connectivity index (χ4v) is 3.20. The van der Waals surface area contributed by atoms with E-state index in [1.165, 1.54) is 0 Å². The van der Waals surface area contributed by atoms with Gasteiger partial charge >= 0.3 is 6.18 Å². The van der Waals surface area contributed by atoms with Crippen molar-refractivity contribution < 1.29 is 22.6 Å². The minimum atomic E-state index is -4.40. The number of hydrogen-bond acceptors (Lipinski definition) is 5. The lowest BCUT2D eigenvalue weighted by Crippen LogP contribution is -2.38. The van der Waals surface area contributed by atoms with Crippen molar-refractivity contribution in [3.63, 3.8) is 0 Å². The zero-order chi connectivity index (χ0) is 19.3. The number of aromatic nitrogens is 1. The van der Waals surface area contributed by atoms with Crippen molar-refractivity contribution in [3.8, 4) is 11.5 Å². The van der Waals surface area contributed by atoms with Crippen LogP contribution in [0.15, 0.2) is 28.6 Å². The number of guanidine groups is 1. The minimum absolute atomic E-state index is 0.221. The number of rotatable bonds is 6. The summed E-state index contributed by atoms with van der Waals surface area (Å²) in [5.74, 6) is 2.00. The maximum atomic E-state index is 12.6. The van der Waals surface area contributed by atoms with E-state index in [0.29, 0.717) is 42.8 Å². The van der Waals surface area contributed by atoms with Crippen molar-refractivity contribution in [1.29, 1.82) is 0 Å². The van der Waals surface area contributed by atoms with Gasteiger partial charge in [0.15, 0.2) is 23.2 Å². The van der Waals surface area contributed by atoms with Gasteiger partial charge in [0.1, 0.15) is 0 Å². The molecule has 0 amide bonds. The van der Waals surface area contributed by atoms with Gasteiger partial charge in [-0.05, 0) is 24.6 Å². The van der Waals surface area contributed by atoms with E-state index in [1.54, 1.807) is 0 Å². The maximum Gasteiger partial charge on any atom is 0.434 e. The molecule has 2 heterocycles. The number of alkyl halides is 3. The molecule has 1 aliphatic heterocycles. The van der Waals surface area contributed by atoms with Crippen molar-refractivity contribution in [3.05, 3.63) is 39.8 Å². The molecule has 1 aromatic heterocycles. The number of ether oxygens (including phenoxy) is 2. The van der Waals surface area contributed by atoms with Crippen LogP contribution in [-0.4, -0.2) is 30.8 Å². The Morgan fingerprint density at radius 2 is 2.07 bits per heavy atom. The summed E-state index contributed by atoms with van der Waals surface area (Å²) in [6.45, 7) is 3.69. The largest absolute Gasteiger partial charge is 0.454 e. The molecule has 6 nitrogen and oxygen atoms in total. The summed E-state index contributed by atoms with van der Waals surface area (Å²) in [7, 11) is 0. The third-order valence-corrected chi connectivity index (χ3v) is 4.58. The van der Waals surface area contributed by atoms with Crippen molar-refractivity contribution in [2.45, 2.75) is 26.1 Å². The van der Waals surface area contributed by atoms with Crippen LogP contribution >= 0.6 is 11.3 Å². The number of hydrogen-bond donors (Lipinski definition) is 2. The Balaban J connectivity index is 1.54. The predicted octanol–water partition coefficient (Wildman–Crippen LogP) is 3.19. The van der Waals surface area contributed by atoms with Crippen molar-refractivity contribution in [1.82, 2.24) is 15.6 Å². The lowest BCUT2D eigenvalue weighted by Gasteiger charge is -2.10. The number of benzene rings is 1. The summed E-state index contributed by atoms with van der Waals surface area (Å²) in [6.07, 6.45) is -4.02. The van der Waals surface area contributed by atoms with Gasteiger partial charge in [-0.15, -0.1) is 11.3 Å². The van der Waals surface area contributed by atoms with E-state index in [0.717, 1.165) is 28.0 Å². The van der Waals surface area contributed by atoms with Crippen LogP contribution in [0, 0.1) is 0 Å². The second-order valence-electron chi connectivity index (χ2n) is 5.68. The third kappa shape index (κ3) is 5.25. The first-order valence-corrected chi connectivity index (χ1v) is 9.26. The molecule has 0 spiro atoms. The molecule has 0 saturated carbocycles. The Bertz CT molecular complexity index is 808. The molecule has 0 radical (unpaired) electrons. The van der Waals surface area contributed by atoms with Crippen LogP contribution in [0.5, 0.6) is 11.5 Å². The fourth-order valence-electron chi connectivity index (χ4n) is 2.40. The number of fused-ring (bicyclic) bond motifs is 1. The molecule has 0 atom stereocenters. The molecule has 2 N–H and O–H groups in total. The number of thiazole rings is 1. The summed E-state index contributed by atoms with van der Waals surface area (Å²) in [4.78, 5) is 8.10. The molecule has 1 aliphatic rings. The van der Waals surface area contributed by atoms with Gasteiger partial charge in [0.05, 0.1) is 11.6 Å². The summed E-state index contributed by atoms with van der Waals surface area (Å²) < 4.78 is 48.4. The Labute approximate surface area is 158 Å². The zero-order valence-electron chi connectivity index (χ0n) is 14.6. The van der Waals surface area contributed by atoms with Crippen LogP contribution in [0.3, 0.4) is 0 Å². The molecular formula is C17H19F3N4O2S. The van der Waals surface area contributed by atoms with E-state index >= 15 is 0 Å². The average Bonchev–Trinajstić information content (AvgIpc) is 3.28. The highest BCUT2D eigenvalue weighted by Crippen LogP contribution is 2.32. The molecule has 2 aromatic rings. The van der Waals surface area contributed by atoms with Crippen molar-refractivity contribution in [2.75, 3.05) is 19.9 Å². The van der Waals surface area contributed by atoms with E-state index in [2.05, 4.69) is 20.6 Å². The van der Waals surface area contributed by atoms with Gasteiger partial charge in [0.2, 0.25) is 6.79 Å². The highest BCUT2D eigenvalue weighted by molar-refractivity contribution is 7.09. The van der Waals surface area contributed by atoms with Crippen LogP contribution in [0.4, 0.5) is 13.2 Å². The van der Waals surface area contributed by atoms with Crippen LogP contribution in [0.1, 0.15) is 23.2 Å². The van der Waals surface area contributed by atoms with Gasteiger partial charge in [0, 0.05) is 24.9 Å². The second-order valence-corrected chi connectivity index (χ2v) is 6.63. The smallest absolute Gasteiger partial charge is 0.434 e. The highest BCUT2D eigenvalue weighted by Gasteiger charge is 2.33. The molecule has 0 unspecified atom stereocenters. The monoisotopic (exact) mass is 400 g/mol. The second kappa shape index (κ2) is 8.47. The number of halogens is 3. The zero-order valence-corrected chi connectivity index (χ0v) is 15.4. The molecule has 0 bridgehead atoms. The quantitative estimate of drug-likeness (QED) is 0.576. The van der Waals surface area contributed by atoms with Crippen molar-refractivity contribution >= 4 is 17.3 Å². The maximum absolute atomic E-state index is 12.6. The first kappa shape index (κ1) is 19.3. The van der Waals surface area contributed by atoms with Crippen LogP contribution < -0.4 is 20.1 Å². The number of aliphatic imine (C=N–C) groups is 1. The standard InChI is InChI=1S/C17H19F3N4O2S/c1-2-21-16(22-6-5-15-24-14(9-27-15)17(18,19)20)23-8-11-3-4-12-13(7-11)26-10-25-12/h3-4,7,9H,2,5-6,8,10H2,1H3,(H2,21,22,23). The topological polar surface area (TPSA) is 67.8 Å². The van der Waals surface area contributed by atoms with E-state index in [4.69, 9.17) is 9.47 Å². The Hall–Kier alpha value is -2.49. The van der Waals surface area contributed by atoms with Gasteiger partial charge in [0.25, 0.3) is 0 Å². The Kier molecular flexibility index (Phi) is 6.04. The van der Waals surface area contributed by atoms with Crippen LogP contribution in [0.25, 0.3) is 0 Å². The van der Waals surface area contributed by atoms with Gasteiger partial charge < -0.3 is 20.1 Å². The molecular weight excluding hydrogens is 381 g/mol. The molecule has 0 saturated heterocycles. The molecule has 27 heavy (non-hydrogen) atoms. The predicted molar refractivity (Wildman–Crippen MR) is 96.2 cm³/mol. The molecule has 3 rings (SSSR count). The summed E-state index contributed by atoms with van der Waals surface area (Å²) >= 11 is 1.01.